The van der Waals surface area contributed by atoms with Gasteiger partial charge in [0.2, 0.25) is 0 Å². The highest BCUT2D eigenvalue weighted by molar-refractivity contribution is 5.85. The summed E-state index contributed by atoms with van der Waals surface area (Å²) in [6.07, 6.45) is 5.56. The van der Waals surface area contributed by atoms with Gasteiger partial charge in [0.25, 0.3) is 0 Å². The number of anilines is 1. The van der Waals surface area contributed by atoms with Gasteiger partial charge in [0.05, 0.1) is 50.9 Å². The molecular weight excluding hydrogens is 592 g/mol. The topological polar surface area (TPSA) is 79.2 Å². The average Bonchev–Trinajstić information content (AvgIpc) is 3.62. The first-order valence-corrected chi connectivity index (χ1v) is 16.6. The minimum absolute atomic E-state index is 0.0866. The number of likely N-dealkylation sites (N-methyl/N-ethyl adjacent to an activating group) is 1. The van der Waals surface area contributed by atoms with E-state index in [-0.39, 0.29) is 12.1 Å². The summed E-state index contributed by atoms with van der Waals surface area (Å²) in [6, 6.07) is 7.93. The van der Waals surface area contributed by atoms with Gasteiger partial charge in [-0.25, -0.2) is 0 Å². The van der Waals surface area contributed by atoms with Crippen molar-refractivity contribution in [1.29, 1.82) is 0 Å². The highest BCUT2D eigenvalue weighted by Crippen LogP contribution is 2.45. The van der Waals surface area contributed by atoms with Gasteiger partial charge in [-0.2, -0.15) is 0 Å². The lowest BCUT2D eigenvalue weighted by atomic mass is 10.1. The molecule has 0 unspecified atom stereocenters. The number of hydrogen-bond donors (Lipinski definition) is 1. The van der Waals surface area contributed by atoms with E-state index in [1.165, 1.54) is 5.57 Å². The van der Waals surface area contributed by atoms with E-state index in [0.29, 0.717) is 42.8 Å². The molecule has 4 aliphatic heterocycles. The van der Waals surface area contributed by atoms with E-state index in [4.69, 9.17) is 23.9 Å². The largest absolute Gasteiger partial charge is 0.493 e. The van der Waals surface area contributed by atoms with Crippen molar-refractivity contribution < 1.29 is 24.1 Å². The molecule has 0 aromatic heterocycles. The van der Waals surface area contributed by atoms with Crippen LogP contribution in [0.1, 0.15) is 57.1 Å². The smallest absolute Gasteiger partial charge is 0.163 e. The maximum atomic E-state index is 11.2. The number of hydrogen-bond acceptors (Lipinski definition) is 9. The summed E-state index contributed by atoms with van der Waals surface area (Å²) in [4.78, 5) is 11.1. The molecule has 0 spiro atoms. The van der Waals surface area contributed by atoms with Gasteiger partial charge in [-0.3, -0.25) is 4.99 Å². The van der Waals surface area contributed by atoms with Gasteiger partial charge >= 0.3 is 0 Å². The van der Waals surface area contributed by atoms with Gasteiger partial charge in [-0.15, -0.1) is 0 Å². The quantitative estimate of drug-likeness (QED) is 0.218. The second kappa shape index (κ2) is 14.6. The number of rotatable bonds is 10. The van der Waals surface area contributed by atoms with E-state index in [1.54, 1.807) is 14.2 Å². The Kier molecular flexibility index (Phi) is 10.5. The zero-order valence-electron chi connectivity index (χ0n) is 28.7. The minimum Gasteiger partial charge on any atom is -0.493 e. The van der Waals surface area contributed by atoms with Crippen molar-refractivity contribution in [3.8, 4) is 23.0 Å². The highest BCUT2D eigenvalue weighted by atomic mass is 16.5. The molecule has 9 heteroatoms. The Morgan fingerprint density at radius 1 is 0.766 bits per heavy atom. The molecule has 2 aromatic rings. The lowest BCUT2D eigenvalue weighted by molar-refractivity contribution is 0.102. The normalized spacial score (nSPS) is 21.2. The summed E-state index contributed by atoms with van der Waals surface area (Å²) in [5.41, 5.74) is 7.66. The number of methoxy groups -OCH3 is 2. The van der Waals surface area contributed by atoms with Crippen LogP contribution in [0.3, 0.4) is 0 Å². The van der Waals surface area contributed by atoms with Crippen LogP contribution >= 0.6 is 0 Å². The molecule has 2 fully saturated rings. The Labute approximate surface area is 280 Å². The van der Waals surface area contributed by atoms with Crippen molar-refractivity contribution in [2.45, 2.75) is 64.3 Å². The summed E-state index contributed by atoms with van der Waals surface area (Å²) in [5.74, 6) is 2.63. The highest BCUT2D eigenvalue weighted by Gasteiger charge is 2.40. The zero-order valence-corrected chi connectivity index (χ0v) is 28.7. The molecule has 2 aromatic carbocycles. The monoisotopic (exact) mass is 642 g/mol. The van der Waals surface area contributed by atoms with E-state index < -0.39 is 6.23 Å². The van der Waals surface area contributed by atoms with Crippen LogP contribution < -0.4 is 23.8 Å². The summed E-state index contributed by atoms with van der Waals surface area (Å²) in [5, 5.41) is 11.2. The Morgan fingerprint density at radius 2 is 1.34 bits per heavy atom. The molecule has 3 atom stereocenters. The maximum Gasteiger partial charge on any atom is 0.163 e. The molecule has 0 aliphatic carbocycles. The molecule has 0 amide bonds. The zero-order chi connectivity index (χ0) is 33.8. The number of ether oxygens (including phenoxy) is 4. The summed E-state index contributed by atoms with van der Waals surface area (Å²) < 4.78 is 23.7. The Bertz CT molecular complexity index is 1570. The van der Waals surface area contributed by atoms with Gasteiger partial charge in [0, 0.05) is 61.0 Å². The van der Waals surface area contributed by atoms with E-state index >= 15 is 0 Å². The van der Waals surface area contributed by atoms with Crippen molar-refractivity contribution in [3.63, 3.8) is 0 Å². The van der Waals surface area contributed by atoms with E-state index in [9.17, 15) is 5.11 Å². The first kappa shape index (κ1) is 34.0. The predicted octanol–water partition coefficient (Wildman–Crippen LogP) is 7.04. The number of nitrogens with zero attached hydrogens (tertiary/aromatic N) is 4. The molecule has 9 nitrogen and oxygen atoms in total. The van der Waals surface area contributed by atoms with Gasteiger partial charge in [0.1, 0.15) is 6.23 Å². The Hall–Kier alpha value is -4.37. The van der Waals surface area contributed by atoms with Crippen molar-refractivity contribution in [2.75, 3.05) is 52.5 Å². The summed E-state index contributed by atoms with van der Waals surface area (Å²) >= 11 is 0. The van der Waals surface area contributed by atoms with Gasteiger partial charge in [-0.1, -0.05) is 51.3 Å². The number of benzene rings is 2. The summed E-state index contributed by atoms with van der Waals surface area (Å²) in [6.45, 7) is 23.6. The van der Waals surface area contributed by atoms with Gasteiger partial charge < -0.3 is 38.8 Å². The first-order chi connectivity index (χ1) is 22.7. The van der Waals surface area contributed by atoms with E-state index in [1.807, 2.05) is 56.3 Å². The molecule has 47 heavy (non-hydrogen) atoms. The van der Waals surface area contributed by atoms with Crippen LogP contribution in [0.5, 0.6) is 23.0 Å². The van der Waals surface area contributed by atoms with Crippen LogP contribution in [0, 0.1) is 0 Å². The number of unbranched alkanes of at least 4 members (excludes halogenated alkanes) is 2. The minimum atomic E-state index is -0.690. The van der Waals surface area contributed by atoms with Crippen molar-refractivity contribution >= 4 is 29.0 Å². The van der Waals surface area contributed by atoms with Crippen LogP contribution in [0.2, 0.25) is 0 Å². The third kappa shape index (κ3) is 6.72. The SMILES string of the molecule is C=C1C[C@H]2C=Nc3cc(OCCCCCOc4cc5c(cc4OC)C(=C)N4CC(=C)C[C@H]4[C@H](O)N5C)c(OC)cc3C(=C)N2C1.CC. The second-order valence-electron chi connectivity index (χ2n) is 12.3. The standard InChI is InChI=1S/C36H44N4O5.C2H6/c1-22-13-26-19-37-29-17-34(32(42-6)15-27(29)24(3)39(26)20-22)44-11-9-8-10-12-45-35-18-30-28(16-33(35)43-7)25(4)40-21-23(2)14-31(40)36(41)38(30)5;1-2/h15-19,26,31,36,41H,1-4,8-14,20-21H2,5-7H3;1-2H3/t26-,31-,36-;/m0./s1. The van der Waals surface area contributed by atoms with E-state index in [2.05, 4.69) is 36.1 Å². The van der Waals surface area contributed by atoms with E-state index in [0.717, 1.165) is 78.1 Å². The molecule has 0 saturated carbocycles. The fourth-order valence-corrected chi connectivity index (χ4v) is 6.77. The van der Waals surface area contributed by atoms with Crippen LogP contribution in [0.15, 0.2) is 66.7 Å². The maximum absolute atomic E-state index is 11.2. The molecular formula is C38H50N4O5. The fourth-order valence-electron chi connectivity index (χ4n) is 6.77. The Morgan fingerprint density at radius 3 is 2.00 bits per heavy atom. The van der Waals surface area contributed by atoms with Crippen LogP contribution in [-0.4, -0.2) is 87.0 Å². The van der Waals surface area contributed by atoms with Crippen molar-refractivity contribution in [2.24, 2.45) is 4.99 Å². The van der Waals surface area contributed by atoms with Crippen LogP contribution in [-0.2, 0) is 0 Å². The fraction of sp³-hybridized carbons (Fsp3) is 0.447. The molecule has 0 radical (unpaired) electrons. The lowest BCUT2D eigenvalue weighted by Crippen LogP contribution is -2.45. The van der Waals surface area contributed by atoms with Gasteiger partial charge in [-0.05, 0) is 44.2 Å². The number of aliphatic hydroxyl groups excluding tert-OH is 1. The third-order valence-electron chi connectivity index (χ3n) is 9.27. The summed E-state index contributed by atoms with van der Waals surface area (Å²) in [7, 11) is 5.20. The van der Waals surface area contributed by atoms with Gasteiger partial charge in [0.15, 0.2) is 23.0 Å². The Balaban J connectivity index is 0.00000213. The lowest BCUT2D eigenvalue weighted by Gasteiger charge is -2.31. The van der Waals surface area contributed by atoms with Crippen molar-refractivity contribution in [1.82, 2.24) is 9.80 Å². The number of aliphatic hydroxyl groups is 1. The molecule has 252 valence electrons. The molecule has 4 aliphatic rings. The molecule has 4 heterocycles. The number of aliphatic imine (C=N–C) groups is 1. The predicted molar refractivity (Wildman–Crippen MR) is 191 cm³/mol. The molecule has 1 N–H and O–H groups in total. The average molecular weight is 643 g/mol. The first-order valence-electron chi connectivity index (χ1n) is 16.6. The molecule has 6 rings (SSSR count). The van der Waals surface area contributed by atoms with Crippen LogP contribution in [0.4, 0.5) is 11.4 Å². The third-order valence-corrected chi connectivity index (χ3v) is 9.27. The molecule has 0 bridgehead atoms. The second-order valence-corrected chi connectivity index (χ2v) is 12.3. The number of fused-ring (bicyclic) bond motifs is 4. The van der Waals surface area contributed by atoms with Crippen molar-refractivity contribution in [3.05, 3.63) is 72.9 Å². The molecule has 2 saturated heterocycles. The van der Waals surface area contributed by atoms with Crippen LogP contribution in [0.25, 0.3) is 11.4 Å².